The summed E-state index contributed by atoms with van der Waals surface area (Å²) in [5.41, 5.74) is -0.125. The van der Waals surface area contributed by atoms with Crippen LogP contribution >= 0.6 is 11.6 Å². The van der Waals surface area contributed by atoms with Crippen LogP contribution in [0.1, 0.15) is 40.0 Å². The van der Waals surface area contributed by atoms with Crippen LogP contribution in [0, 0.1) is 33.8 Å². The van der Waals surface area contributed by atoms with Crippen molar-refractivity contribution in [3.8, 4) is 0 Å². The third-order valence-electron chi connectivity index (χ3n) is 7.14. The third-order valence-corrected chi connectivity index (χ3v) is 7.40. The maximum atomic E-state index is 13.5. The van der Waals surface area contributed by atoms with E-state index in [0.29, 0.717) is 5.02 Å². The van der Waals surface area contributed by atoms with Crippen molar-refractivity contribution in [2.75, 3.05) is 6.54 Å². The first kappa shape index (κ1) is 22.2. The van der Waals surface area contributed by atoms with E-state index in [1.54, 1.807) is 0 Å². The van der Waals surface area contributed by atoms with E-state index in [1.807, 2.05) is 0 Å². The van der Waals surface area contributed by atoms with E-state index in [9.17, 15) is 29.3 Å². The Morgan fingerprint density at radius 2 is 1.62 bits per heavy atom. The first-order chi connectivity index (χ1) is 16.3. The minimum atomic E-state index is -0.704. The lowest BCUT2D eigenvalue weighted by atomic mass is 9.81. The predicted molar refractivity (Wildman–Crippen MR) is 120 cm³/mol. The van der Waals surface area contributed by atoms with Crippen LogP contribution in [0.15, 0.2) is 48.5 Å². The number of amides is 3. The van der Waals surface area contributed by atoms with E-state index in [0.717, 1.165) is 35.3 Å². The van der Waals surface area contributed by atoms with E-state index in [-0.39, 0.29) is 28.7 Å². The summed E-state index contributed by atoms with van der Waals surface area (Å²) in [5, 5.41) is 13.2. The Morgan fingerprint density at radius 1 is 1.00 bits per heavy atom. The smallest absolute Gasteiger partial charge is 0.273 e. The number of hydrogen-bond acceptors (Lipinski definition) is 6. The lowest BCUT2D eigenvalue weighted by Gasteiger charge is -2.30. The summed E-state index contributed by atoms with van der Waals surface area (Å²) in [5.74, 6) is -2.99. The van der Waals surface area contributed by atoms with Crippen LogP contribution in [-0.2, 0) is 9.59 Å². The normalized spacial score (nSPS) is 24.9. The number of hydrazine groups is 1. The number of nitrogens with zero attached hydrogens (tertiary/aromatic N) is 3. The minimum absolute atomic E-state index is 0.00228. The highest BCUT2D eigenvalue weighted by molar-refractivity contribution is 6.30. The van der Waals surface area contributed by atoms with Crippen LogP contribution in [0.25, 0.3) is 0 Å². The largest absolute Gasteiger partial charge is 0.292 e. The molecule has 1 heterocycles. The average molecular weight is 482 g/mol. The molecule has 2 aromatic carbocycles. The van der Waals surface area contributed by atoms with Crippen molar-refractivity contribution in [3.63, 3.8) is 0 Å². The number of nitro benzene ring substituents is 1. The summed E-state index contributed by atoms with van der Waals surface area (Å²) in [6, 6.07) is 11.0. The summed E-state index contributed by atoms with van der Waals surface area (Å²) >= 11 is 5.93. The number of halogens is 1. The van der Waals surface area contributed by atoms with Crippen LogP contribution < -0.4 is 0 Å². The first-order valence-electron chi connectivity index (χ1n) is 11.0. The number of benzene rings is 2. The molecule has 1 saturated heterocycles. The summed E-state index contributed by atoms with van der Waals surface area (Å²) in [6.07, 6.45) is 2.57. The highest BCUT2D eigenvalue weighted by atomic mass is 35.5. The molecule has 3 amide bonds. The molecule has 9 nitrogen and oxygen atoms in total. The second-order valence-electron chi connectivity index (χ2n) is 8.97. The summed E-state index contributed by atoms with van der Waals surface area (Å²) in [4.78, 5) is 63.8. The average Bonchev–Trinajstić information content (AvgIpc) is 3.51. The summed E-state index contributed by atoms with van der Waals surface area (Å²) < 4.78 is 0. The van der Waals surface area contributed by atoms with Crippen LogP contribution in [0.2, 0.25) is 5.02 Å². The van der Waals surface area contributed by atoms with Crippen LogP contribution in [0.5, 0.6) is 0 Å². The van der Waals surface area contributed by atoms with Crippen molar-refractivity contribution >= 4 is 40.8 Å². The van der Waals surface area contributed by atoms with Gasteiger partial charge in [-0.05, 0) is 55.4 Å². The highest BCUT2D eigenvalue weighted by Gasteiger charge is 2.62. The third kappa shape index (κ3) is 3.56. The van der Waals surface area contributed by atoms with Gasteiger partial charge in [-0.3, -0.25) is 29.3 Å². The molecule has 4 atom stereocenters. The van der Waals surface area contributed by atoms with Gasteiger partial charge in [0.05, 0.1) is 16.8 Å². The van der Waals surface area contributed by atoms with Gasteiger partial charge in [-0.15, -0.1) is 0 Å². The van der Waals surface area contributed by atoms with E-state index >= 15 is 0 Å². The molecular formula is C24H20ClN3O6. The Morgan fingerprint density at radius 3 is 2.21 bits per heavy atom. The second-order valence-corrected chi connectivity index (χ2v) is 9.41. The molecule has 0 N–H and O–H groups in total. The molecule has 10 heteroatoms. The fourth-order valence-corrected chi connectivity index (χ4v) is 5.75. The minimum Gasteiger partial charge on any atom is -0.292 e. The molecule has 2 saturated carbocycles. The first-order valence-corrected chi connectivity index (χ1v) is 11.4. The van der Waals surface area contributed by atoms with Crippen molar-refractivity contribution in [3.05, 3.63) is 74.8 Å². The maximum Gasteiger partial charge on any atom is 0.273 e. The van der Waals surface area contributed by atoms with Crippen molar-refractivity contribution in [2.24, 2.45) is 23.7 Å². The number of rotatable bonds is 6. The number of Topliss-reactive ketones (excluding diaryl/α,β-unsaturated/α-hetero) is 1. The quantitative estimate of drug-likeness (QED) is 0.269. The number of carbonyl (C=O) groups is 4. The van der Waals surface area contributed by atoms with Crippen molar-refractivity contribution in [2.45, 2.75) is 19.3 Å². The Bertz CT molecular complexity index is 1200. The summed E-state index contributed by atoms with van der Waals surface area (Å²) in [6.45, 7) is -0.616. The molecule has 3 aliphatic rings. The molecule has 174 valence electrons. The van der Waals surface area contributed by atoms with Gasteiger partial charge in [-0.1, -0.05) is 23.7 Å². The molecule has 0 spiro atoms. The lowest BCUT2D eigenvalue weighted by molar-refractivity contribution is -0.384. The molecule has 2 aliphatic carbocycles. The summed E-state index contributed by atoms with van der Waals surface area (Å²) in [7, 11) is 0. The van der Waals surface area contributed by atoms with Gasteiger partial charge < -0.3 is 0 Å². The Labute approximate surface area is 199 Å². The Hall–Kier alpha value is -3.59. The lowest BCUT2D eigenvalue weighted by Crippen LogP contribution is -2.52. The molecule has 34 heavy (non-hydrogen) atoms. The molecule has 3 fully saturated rings. The van der Waals surface area contributed by atoms with E-state index in [4.69, 9.17) is 11.6 Å². The van der Waals surface area contributed by atoms with Gasteiger partial charge in [0.25, 0.3) is 23.4 Å². The molecule has 1 aliphatic heterocycles. The number of fused-ring (bicyclic) bond motifs is 5. The van der Waals surface area contributed by atoms with Gasteiger partial charge in [0.15, 0.2) is 5.78 Å². The Balaban J connectivity index is 1.50. The van der Waals surface area contributed by atoms with Crippen molar-refractivity contribution in [1.29, 1.82) is 0 Å². The zero-order valence-corrected chi connectivity index (χ0v) is 18.7. The van der Waals surface area contributed by atoms with Gasteiger partial charge in [-0.25, -0.2) is 5.01 Å². The zero-order valence-electron chi connectivity index (χ0n) is 17.9. The fourth-order valence-electron chi connectivity index (χ4n) is 5.63. The SMILES string of the molecule is O=C(CN(C(=O)c1ccc(Cl)cc1)N1C(=O)[C@@H]2[C@H]3CC[C@@H](C3)[C@H]2C1=O)c1cccc([N+](=O)[O-])c1. The number of hydrogen-bond donors (Lipinski definition) is 0. The van der Waals surface area contributed by atoms with Crippen LogP contribution in [0.4, 0.5) is 5.69 Å². The van der Waals surface area contributed by atoms with E-state index in [2.05, 4.69) is 0 Å². The van der Waals surface area contributed by atoms with Gasteiger partial charge in [0.2, 0.25) is 0 Å². The van der Waals surface area contributed by atoms with E-state index < -0.39 is 46.8 Å². The Kier molecular flexibility index (Phi) is 5.44. The molecule has 0 unspecified atom stereocenters. The fraction of sp³-hybridized carbons (Fsp3) is 0.333. The highest BCUT2D eigenvalue weighted by Crippen LogP contribution is 2.56. The second kappa shape index (κ2) is 8.32. The topological polar surface area (TPSA) is 118 Å². The van der Waals surface area contributed by atoms with Crippen LogP contribution in [0.3, 0.4) is 0 Å². The molecule has 0 radical (unpaired) electrons. The number of imide groups is 1. The molecular weight excluding hydrogens is 462 g/mol. The monoisotopic (exact) mass is 481 g/mol. The number of carbonyl (C=O) groups excluding carboxylic acids is 4. The number of nitro groups is 1. The molecule has 0 aromatic heterocycles. The van der Waals surface area contributed by atoms with Gasteiger partial charge in [-0.2, -0.15) is 5.01 Å². The van der Waals surface area contributed by atoms with Crippen molar-refractivity contribution in [1.82, 2.24) is 10.0 Å². The molecule has 2 aromatic rings. The van der Waals surface area contributed by atoms with Crippen LogP contribution in [-0.4, -0.2) is 45.0 Å². The van der Waals surface area contributed by atoms with Crippen molar-refractivity contribution < 1.29 is 24.1 Å². The predicted octanol–water partition coefficient (Wildman–Crippen LogP) is 3.52. The number of ketones is 1. The molecule has 5 rings (SSSR count). The molecule has 2 bridgehead atoms. The maximum absolute atomic E-state index is 13.5. The van der Waals surface area contributed by atoms with Gasteiger partial charge in [0, 0.05) is 28.3 Å². The van der Waals surface area contributed by atoms with Gasteiger partial charge in [0.1, 0.15) is 6.54 Å². The zero-order chi connectivity index (χ0) is 24.1. The number of non-ortho nitro benzene ring substituents is 1. The van der Waals surface area contributed by atoms with Gasteiger partial charge >= 0.3 is 0 Å². The standard InChI is InChI=1S/C24H20ClN3O6/c25-17-8-6-13(7-9-17)22(30)26(12-19(29)14-2-1-3-18(11-14)28(33)34)27-23(31)20-15-4-5-16(10-15)21(20)24(27)32/h1-3,6-9,11,15-16,20-21H,4-5,10,12H2/t15-,16-,20+,21+/m0/s1. The van der Waals surface area contributed by atoms with E-state index in [1.165, 1.54) is 42.5 Å².